The van der Waals surface area contributed by atoms with Crippen LogP contribution in [-0.2, 0) is 4.74 Å². The maximum absolute atomic E-state index is 12.8. The number of likely N-dealkylation sites (tertiary alicyclic amines) is 1. The lowest BCUT2D eigenvalue weighted by Gasteiger charge is -2.34. The summed E-state index contributed by atoms with van der Waals surface area (Å²) in [6, 6.07) is 5.82. The van der Waals surface area contributed by atoms with E-state index in [2.05, 4.69) is 20.2 Å². The number of carbonyl (C=O) groups is 1. The average Bonchev–Trinajstić information content (AvgIpc) is 3.10. The SMILES string of the molecule is O=C(N[C@H]1COC[C@@H]1N1CCCCC1)c1cccc2nccnc12. The molecule has 3 heterocycles. The van der Waals surface area contributed by atoms with E-state index >= 15 is 0 Å². The van der Waals surface area contributed by atoms with Gasteiger partial charge in [-0.25, -0.2) is 0 Å². The highest BCUT2D eigenvalue weighted by atomic mass is 16.5. The van der Waals surface area contributed by atoms with Crippen molar-refractivity contribution in [1.29, 1.82) is 0 Å². The van der Waals surface area contributed by atoms with E-state index in [0.717, 1.165) is 18.6 Å². The highest BCUT2D eigenvalue weighted by Crippen LogP contribution is 2.20. The molecule has 1 aromatic heterocycles. The van der Waals surface area contributed by atoms with Crippen LogP contribution >= 0.6 is 0 Å². The average molecular weight is 326 g/mol. The summed E-state index contributed by atoms with van der Waals surface area (Å²) < 4.78 is 5.66. The number of aromatic nitrogens is 2. The number of para-hydroxylation sites is 1. The molecule has 0 aliphatic carbocycles. The molecule has 1 aromatic carbocycles. The zero-order chi connectivity index (χ0) is 16.4. The van der Waals surface area contributed by atoms with Crippen molar-refractivity contribution in [3.63, 3.8) is 0 Å². The molecule has 2 aromatic rings. The van der Waals surface area contributed by atoms with Gasteiger partial charge in [0, 0.05) is 12.4 Å². The van der Waals surface area contributed by atoms with Crippen LogP contribution in [0.3, 0.4) is 0 Å². The first-order chi connectivity index (χ1) is 11.8. The fourth-order valence-electron chi connectivity index (χ4n) is 3.71. The van der Waals surface area contributed by atoms with Gasteiger partial charge in [-0.3, -0.25) is 19.7 Å². The molecule has 2 fully saturated rings. The summed E-state index contributed by atoms with van der Waals surface area (Å²) in [4.78, 5) is 23.8. The summed E-state index contributed by atoms with van der Waals surface area (Å²) in [7, 11) is 0. The Bertz CT molecular complexity index is 725. The molecular weight excluding hydrogens is 304 g/mol. The molecule has 126 valence electrons. The lowest BCUT2D eigenvalue weighted by molar-refractivity contribution is 0.0901. The van der Waals surface area contributed by atoms with E-state index in [1.807, 2.05) is 12.1 Å². The number of hydrogen-bond donors (Lipinski definition) is 1. The van der Waals surface area contributed by atoms with Gasteiger partial charge >= 0.3 is 0 Å². The number of ether oxygens (including phenoxy) is 1. The van der Waals surface area contributed by atoms with Crippen LogP contribution in [0.15, 0.2) is 30.6 Å². The smallest absolute Gasteiger partial charge is 0.253 e. The third-order valence-corrected chi connectivity index (χ3v) is 4.97. The predicted molar refractivity (Wildman–Crippen MR) is 90.8 cm³/mol. The second-order valence-electron chi connectivity index (χ2n) is 6.51. The molecule has 2 saturated heterocycles. The topological polar surface area (TPSA) is 67.3 Å². The maximum atomic E-state index is 12.8. The second kappa shape index (κ2) is 6.83. The summed E-state index contributed by atoms with van der Waals surface area (Å²) in [5, 5.41) is 3.16. The summed E-state index contributed by atoms with van der Waals surface area (Å²) in [5.41, 5.74) is 1.95. The lowest BCUT2D eigenvalue weighted by Crippen LogP contribution is -2.52. The van der Waals surface area contributed by atoms with E-state index < -0.39 is 0 Å². The van der Waals surface area contributed by atoms with Crippen LogP contribution in [0, 0.1) is 0 Å². The highest BCUT2D eigenvalue weighted by molar-refractivity contribution is 6.04. The van der Waals surface area contributed by atoms with Crippen molar-refractivity contribution in [1.82, 2.24) is 20.2 Å². The molecule has 1 N–H and O–H groups in total. The van der Waals surface area contributed by atoms with Gasteiger partial charge < -0.3 is 10.1 Å². The third-order valence-electron chi connectivity index (χ3n) is 4.97. The van der Waals surface area contributed by atoms with Gasteiger partial charge in [-0.05, 0) is 38.1 Å². The van der Waals surface area contributed by atoms with Crippen LogP contribution in [0.4, 0.5) is 0 Å². The van der Waals surface area contributed by atoms with Gasteiger partial charge in [-0.2, -0.15) is 0 Å². The summed E-state index contributed by atoms with van der Waals surface area (Å²) in [5.74, 6) is -0.0985. The Kier molecular flexibility index (Phi) is 4.40. The molecule has 2 atom stereocenters. The predicted octanol–water partition coefficient (Wildman–Crippen LogP) is 1.61. The zero-order valence-corrected chi connectivity index (χ0v) is 13.6. The molecule has 6 nitrogen and oxygen atoms in total. The van der Waals surface area contributed by atoms with Crippen LogP contribution < -0.4 is 5.32 Å². The van der Waals surface area contributed by atoms with E-state index in [-0.39, 0.29) is 18.0 Å². The minimum absolute atomic E-state index is 0.0301. The van der Waals surface area contributed by atoms with Gasteiger partial charge in [-0.15, -0.1) is 0 Å². The molecular formula is C18H22N4O2. The van der Waals surface area contributed by atoms with Crippen molar-refractivity contribution in [3.8, 4) is 0 Å². The molecule has 2 aliphatic rings. The number of nitrogens with zero attached hydrogens (tertiary/aromatic N) is 3. The first-order valence-electron chi connectivity index (χ1n) is 8.65. The molecule has 1 amide bonds. The molecule has 24 heavy (non-hydrogen) atoms. The van der Waals surface area contributed by atoms with E-state index in [9.17, 15) is 4.79 Å². The monoisotopic (exact) mass is 326 g/mol. The number of nitrogens with one attached hydrogen (secondary N) is 1. The number of carbonyl (C=O) groups excluding carboxylic acids is 1. The van der Waals surface area contributed by atoms with Crippen LogP contribution in [0.1, 0.15) is 29.6 Å². The van der Waals surface area contributed by atoms with Crippen molar-refractivity contribution >= 4 is 16.9 Å². The Balaban J connectivity index is 1.52. The number of amides is 1. The highest BCUT2D eigenvalue weighted by Gasteiger charge is 2.35. The molecule has 4 rings (SSSR count). The van der Waals surface area contributed by atoms with Crippen LogP contribution in [0.2, 0.25) is 0 Å². The van der Waals surface area contributed by atoms with Gasteiger partial charge in [-0.1, -0.05) is 12.5 Å². The minimum atomic E-state index is -0.0985. The fraction of sp³-hybridized carbons (Fsp3) is 0.500. The summed E-state index contributed by atoms with van der Waals surface area (Å²) in [6.45, 7) is 3.46. The van der Waals surface area contributed by atoms with Gasteiger partial charge in [0.05, 0.1) is 36.4 Å². The number of hydrogen-bond acceptors (Lipinski definition) is 5. The first kappa shape index (κ1) is 15.5. The molecule has 0 spiro atoms. The van der Waals surface area contributed by atoms with Crippen molar-refractivity contribution in [3.05, 3.63) is 36.2 Å². The largest absolute Gasteiger partial charge is 0.378 e. The normalized spacial score (nSPS) is 25.0. The molecule has 2 aliphatic heterocycles. The quantitative estimate of drug-likeness (QED) is 0.928. The Morgan fingerprint density at radius 3 is 2.83 bits per heavy atom. The van der Waals surface area contributed by atoms with E-state index in [0.29, 0.717) is 24.3 Å². The van der Waals surface area contributed by atoms with Gasteiger partial charge in [0.1, 0.15) is 5.52 Å². The van der Waals surface area contributed by atoms with Gasteiger partial charge in [0.15, 0.2) is 0 Å². The number of piperidine rings is 1. The summed E-state index contributed by atoms with van der Waals surface area (Å²) >= 11 is 0. The fourth-order valence-corrected chi connectivity index (χ4v) is 3.71. The van der Waals surface area contributed by atoms with E-state index in [4.69, 9.17) is 4.74 Å². The first-order valence-corrected chi connectivity index (χ1v) is 8.65. The number of benzene rings is 1. The molecule has 0 unspecified atom stereocenters. The van der Waals surface area contributed by atoms with Crippen LogP contribution in [-0.4, -0.2) is 59.2 Å². The maximum Gasteiger partial charge on any atom is 0.253 e. The van der Waals surface area contributed by atoms with Crippen LogP contribution in [0.5, 0.6) is 0 Å². The van der Waals surface area contributed by atoms with Crippen molar-refractivity contribution in [2.75, 3.05) is 26.3 Å². The Morgan fingerprint density at radius 2 is 1.96 bits per heavy atom. The molecule has 0 bridgehead atoms. The van der Waals surface area contributed by atoms with E-state index in [1.165, 1.54) is 19.3 Å². The Labute approximate surface area is 141 Å². The third kappa shape index (κ3) is 2.99. The van der Waals surface area contributed by atoms with Gasteiger partial charge in [0.2, 0.25) is 0 Å². The zero-order valence-electron chi connectivity index (χ0n) is 13.6. The molecule has 0 saturated carbocycles. The number of fused-ring (bicyclic) bond motifs is 1. The summed E-state index contributed by atoms with van der Waals surface area (Å²) in [6.07, 6.45) is 7.03. The van der Waals surface area contributed by atoms with Crippen molar-refractivity contribution < 1.29 is 9.53 Å². The standard InChI is InChI=1S/C18H22N4O2/c23-18(13-5-4-6-14-17(13)20-8-7-19-14)21-15-11-24-12-16(15)22-9-2-1-3-10-22/h4-8,15-16H,1-3,9-12H2,(H,21,23)/t15-,16-/m0/s1. The number of rotatable bonds is 3. The minimum Gasteiger partial charge on any atom is -0.378 e. The molecule has 6 heteroatoms. The van der Waals surface area contributed by atoms with E-state index in [1.54, 1.807) is 18.5 Å². The van der Waals surface area contributed by atoms with Gasteiger partial charge in [0.25, 0.3) is 5.91 Å². The Hall–Kier alpha value is -2.05. The van der Waals surface area contributed by atoms with Crippen LogP contribution in [0.25, 0.3) is 11.0 Å². The second-order valence-corrected chi connectivity index (χ2v) is 6.51. The molecule has 0 radical (unpaired) electrons. The Morgan fingerprint density at radius 1 is 1.12 bits per heavy atom. The van der Waals surface area contributed by atoms with Crippen molar-refractivity contribution in [2.24, 2.45) is 0 Å². The lowest BCUT2D eigenvalue weighted by atomic mass is 10.0. The van der Waals surface area contributed by atoms with Crippen molar-refractivity contribution in [2.45, 2.75) is 31.3 Å².